The molecular formula is C23H18N4O3. The summed E-state index contributed by atoms with van der Waals surface area (Å²) in [5.41, 5.74) is 1.28. The van der Waals surface area contributed by atoms with Crippen molar-refractivity contribution in [3.63, 3.8) is 0 Å². The summed E-state index contributed by atoms with van der Waals surface area (Å²) in [6, 6.07) is 22.2. The monoisotopic (exact) mass is 398 g/mol. The number of pyridine rings is 1. The molecule has 0 saturated carbocycles. The van der Waals surface area contributed by atoms with Gasteiger partial charge in [-0.3, -0.25) is 9.78 Å². The number of nitrogens with zero attached hydrogens (tertiary/aromatic N) is 4. The minimum atomic E-state index is -0.0259. The molecule has 2 aromatic heterocycles. The SMILES string of the molecule is O=C(c1ccc(Oc2ccccc2)cc1)N1CC(c2nc(-c3ccccn3)no2)C1. The summed E-state index contributed by atoms with van der Waals surface area (Å²) in [6.45, 7) is 1.09. The van der Waals surface area contributed by atoms with Crippen LogP contribution in [-0.4, -0.2) is 39.0 Å². The van der Waals surface area contributed by atoms with Gasteiger partial charge in [0.2, 0.25) is 11.7 Å². The van der Waals surface area contributed by atoms with E-state index in [1.165, 1.54) is 0 Å². The molecule has 0 spiro atoms. The highest BCUT2D eigenvalue weighted by atomic mass is 16.5. The predicted octanol–water partition coefficient (Wildman–Crippen LogP) is 4.16. The molecule has 1 aliphatic rings. The molecule has 0 N–H and O–H groups in total. The maximum atomic E-state index is 12.7. The van der Waals surface area contributed by atoms with Crippen molar-refractivity contribution >= 4 is 5.91 Å². The minimum absolute atomic E-state index is 0.0259. The molecule has 7 nitrogen and oxygen atoms in total. The largest absolute Gasteiger partial charge is 0.457 e. The molecule has 3 heterocycles. The Morgan fingerprint density at radius 3 is 2.40 bits per heavy atom. The number of ether oxygens (including phenoxy) is 1. The van der Waals surface area contributed by atoms with Gasteiger partial charge in [-0.1, -0.05) is 29.4 Å². The lowest BCUT2D eigenvalue weighted by Crippen LogP contribution is -2.48. The molecule has 1 amide bonds. The zero-order valence-electron chi connectivity index (χ0n) is 16.0. The van der Waals surface area contributed by atoms with Gasteiger partial charge in [0.15, 0.2) is 0 Å². The van der Waals surface area contributed by atoms with Crippen molar-refractivity contribution in [1.82, 2.24) is 20.0 Å². The molecule has 1 aliphatic heterocycles. The molecule has 0 unspecified atom stereocenters. The zero-order chi connectivity index (χ0) is 20.3. The van der Waals surface area contributed by atoms with E-state index in [0.717, 1.165) is 5.75 Å². The van der Waals surface area contributed by atoms with Crippen molar-refractivity contribution < 1.29 is 14.1 Å². The molecule has 0 aliphatic carbocycles. The Bertz CT molecular complexity index is 1140. The molecule has 4 aromatic rings. The Morgan fingerprint density at radius 1 is 0.933 bits per heavy atom. The van der Waals surface area contributed by atoms with Crippen molar-refractivity contribution in [3.8, 4) is 23.0 Å². The standard InChI is InChI=1S/C23H18N4O3/c28-23(16-9-11-19(12-10-16)29-18-6-2-1-3-7-18)27-14-17(15-27)22-25-21(26-30-22)20-8-4-5-13-24-20/h1-13,17H,14-15H2. The van der Waals surface area contributed by atoms with Crippen LogP contribution in [0.2, 0.25) is 0 Å². The molecule has 1 fully saturated rings. The highest BCUT2D eigenvalue weighted by Gasteiger charge is 2.36. The maximum absolute atomic E-state index is 12.7. The predicted molar refractivity (Wildman–Crippen MR) is 109 cm³/mol. The number of aromatic nitrogens is 3. The molecule has 2 aromatic carbocycles. The first-order valence-corrected chi connectivity index (χ1v) is 9.63. The summed E-state index contributed by atoms with van der Waals surface area (Å²) in [4.78, 5) is 23.1. The second-order valence-corrected chi connectivity index (χ2v) is 7.02. The normalized spacial score (nSPS) is 13.7. The molecule has 0 radical (unpaired) electrons. The fraction of sp³-hybridized carbons (Fsp3) is 0.130. The lowest BCUT2D eigenvalue weighted by Gasteiger charge is -2.37. The van der Waals surface area contributed by atoms with Crippen LogP contribution in [0.25, 0.3) is 11.5 Å². The fourth-order valence-corrected chi connectivity index (χ4v) is 3.27. The molecule has 0 bridgehead atoms. The first-order chi connectivity index (χ1) is 14.8. The van der Waals surface area contributed by atoms with Crippen molar-refractivity contribution in [2.45, 2.75) is 5.92 Å². The fourth-order valence-electron chi connectivity index (χ4n) is 3.27. The second kappa shape index (κ2) is 7.79. The highest BCUT2D eigenvalue weighted by molar-refractivity contribution is 5.95. The summed E-state index contributed by atoms with van der Waals surface area (Å²) in [7, 11) is 0. The summed E-state index contributed by atoms with van der Waals surface area (Å²) in [6.07, 6.45) is 1.69. The summed E-state index contributed by atoms with van der Waals surface area (Å²) >= 11 is 0. The molecule has 0 atom stereocenters. The Hall–Kier alpha value is -4.00. The third-order valence-electron chi connectivity index (χ3n) is 4.93. The number of carbonyl (C=O) groups is 1. The molecular weight excluding hydrogens is 380 g/mol. The van der Waals surface area contributed by atoms with E-state index in [1.54, 1.807) is 35.4 Å². The van der Waals surface area contributed by atoms with E-state index < -0.39 is 0 Å². The molecule has 30 heavy (non-hydrogen) atoms. The lowest BCUT2D eigenvalue weighted by molar-refractivity contribution is 0.0569. The van der Waals surface area contributed by atoms with Crippen LogP contribution in [0.3, 0.4) is 0 Å². The smallest absolute Gasteiger partial charge is 0.253 e. The van der Waals surface area contributed by atoms with E-state index >= 15 is 0 Å². The quantitative estimate of drug-likeness (QED) is 0.502. The molecule has 148 valence electrons. The lowest BCUT2D eigenvalue weighted by atomic mass is 9.98. The van der Waals surface area contributed by atoms with E-state index in [2.05, 4.69) is 15.1 Å². The number of amides is 1. The zero-order valence-corrected chi connectivity index (χ0v) is 16.0. The number of para-hydroxylation sites is 1. The van der Waals surface area contributed by atoms with Crippen molar-refractivity contribution in [3.05, 3.63) is 90.4 Å². The van der Waals surface area contributed by atoms with E-state index in [-0.39, 0.29) is 11.8 Å². The second-order valence-electron chi connectivity index (χ2n) is 7.02. The molecule has 5 rings (SSSR count). The Morgan fingerprint density at radius 2 is 1.67 bits per heavy atom. The molecule has 7 heteroatoms. The van der Waals surface area contributed by atoms with Gasteiger partial charge in [0, 0.05) is 24.8 Å². The third-order valence-corrected chi connectivity index (χ3v) is 4.93. The van der Waals surface area contributed by atoms with Gasteiger partial charge in [0.05, 0.1) is 5.92 Å². The topological polar surface area (TPSA) is 81.4 Å². The highest BCUT2D eigenvalue weighted by Crippen LogP contribution is 2.29. The van der Waals surface area contributed by atoms with Crippen molar-refractivity contribution in [2.24, 2.45) is 0 Å². The van der Waals surface area contributed by atoms with E-state index in [4.69, 9.17) is 9.26 Å². The van der Waals surface area contributed by atoms with Crippen LogP contribution in [-0.2, 0) is 0 Å². The van der Waals surface area contributed by atoms with Crippen molar-refractivity contribution in [1.29, 1.82) is 0 Å². The number of rotatable bonds is 5. The van der Waals surface area contributed by atoms with Crippen LogP contribution in [0.5, 0.6) is 11.5 Å². The number of hydrogen-bond donors (Lipinski definition) is 0. The van der Waals surface area contributed by atoms with Gasteiger partial charge in [0.1, 0.15) is 17.2 Å². The summed E-state index contributed by atoms with van der Waals surface area (Å²) in [5, 5.41) is 4.00. The van der Waals surface area contributed by atoms with Crippen LogP contribution >= 0.6 is 0 Å². The van der Waals surface area contributed by atoms with Crippen LogP contribution in [0.1, 0.15) is 22.2 Å². The van der Waals surface area contributed by atoms with Gasteiger partial charge >= 0.3 is 0 Å². The Labute approximate surface area is 172 Å². The average Bonchev–Trinajstić information content (AvgIpc) is 3.24. The van der Waals surface area contributed by atoms with Gasteiger partial charge in [-0.15, -0.1) is 0 Å². The van der Waals surface area contributed by atoms with Crippen LogP contribution in [0, 0.1) is 0 Å². The number of carbonyl (C=O) groups excluding carboxylic acids is 1. The first kappa shape index (κ1) is 18.1. The minimum Gasteiger partial charge on any atom is -0.457 e. The first-order valence-electron chi connectivity index (χ1n) is 9.63. The Balaban J connectivity index is 1.19. The van der Waals surface area contributed by atoms with E-state index in [9.17, 15) is 4.79 Å². The van der Waals surface area contributed by atoms with Crippen LogP contribution in [0.4, 0.5) is 0 Å². The van der Waals surface area contributed by atoms with Gasteiger partial charge in [-0.05, 0) is 48.5 Å². The van der Waals surface area contributed by atoms with Gasteiger partial charge in [0.25, 0.3) is 5.91 Å². The maximum Gasteiger partial charge on any atom is 0.253 e. The van der Waals surface area contributed by atoms with Gasteiger partial charge < -0.3 is 14.2 Å². The van der Waals surface area contributed by atoms with Gasteiger partial charge in [-0.2, -0.15) is 4.98 Å². The number of benzene rings is 2. The van der Waals surface area contributed by atoms with Gasteiger partial charge in [-0.25, -0.2) is 0 Å². The third kappa shape index (κ3) is 3.65. The molecule has 1 saturated heterocycles. The summed E-state index contributed by atoms with van der Waals surface area (Å²) < 4.78 is 11.1. The van der Waals surface area contributed by atoms with Crippen LogP contribution in [0.15, 0.2) is 83.5 Å². The van der Waals surface area contributed by atoms with Crippen LogP contribution < -0.4 is 4.74 Å². The average molecular weight is 398 g/mol. The van der Waals surface area contributed by atoms with E-state index in [0.29, 0.717) is 41.8 Å². The van der Waals surface area contributed by atoms with E-state index in [1.807, 2.05) is 48.5 Å². The number of likely N-dealkylation sites (tertiary alicyclic amines) is 1. The number of hydrogen-bond acceptors (Lipinski definition) is 6. The Kier molecular flexibility index (Phi) is 4.69. The van der Waals surface area contributed by atoms with Crippen molar-refractivity contribution in [2.75, 3.05) is 13.1 Å². The summed E-state index contributed by atoms with van der Waals surface area (Å²) in [5.74, 6) is 2.45.